The number of halogens is 2. The minimum Gasteiger partial charge on any atom is -0.377 e. The number of alkyl halides is 2. The normalized spacial score (nSPS) is 22.7. The SMILES string of the molecule is O=[N+]([O-])c1cc(S(=O)(=O)C(F)F)ccc1NC1CCOC2(CCCC2)C1. The lowest BCUT2D eigenvalue weighted by Crippen LogP contribution is -2.42. The molecule has 1 aromatic carbocycles. The van der Waals surface area contributed by atoms with E-state index in [0.29, 0.717) is 25.5 Å². The number of anilines is 1. The molecule has 1 aliphatic heterocycles. The minimum atomic E-state index is -4.89. The number of nitro benzene ring substituents is 1. The van der Waals surface area contributed by atoms with Gasteiger partial charge in [0.05, 0.1) is 15.4 Å². The van der Waals surface area contributed by atoms with Crippen molar-refractivity contribution in [3.63, 3.8) is 0 Å². The molecule has 1 saturated carbocycles. The fraction of sp³-hybridized carbons (Fsp3) is 0.625. The van der Waals surface area contributed by atoms with E-state index >= 15 is 0 Å². The summed E-state index contributed by atoms with van der Waals surface area (Å²) in [6, 6.07) is 2.79. The average molecular weight is 390 g/mol. The first-order chi connectivity index (χ1) is 12.2. The zero-order valence-corrected chi connectivity index (χ0v) is 14.8. The Morgan fingerprint density at radius 2 is 2.00 bits per heavy atom. The van der Waals surface area contributed by atoms with Gasteiger partial charge in [-0.2, -0.15) is 8.78 Å². The van der Waals surface area contributed by atoms with Crippen LogP contribution in [0.1, 0.15) is 38.5 Å². The Kier molecular flexibility index (Phi) is 5.16. The summed E-state index contributed by atoms with van der Waals surface area (Å²) < 4.78 is 54.4. The number of nitrogens with one attached hydrogen (secondary N) is 1. The van der Waals surface area contributed by atoms with E-state index in [-0.39, 0.29) is 17.3 Å². The van der Waals surface area contributed by atoms with E-state index in [4.69, 9.17) is 4.74 Å². The predicted octanol–water partition coefficient (Wildman–Crippen LogP) is 3.49. The van der Waals surface area contributed by atoms with Gasteiger partial charge in [0.1, 0.15) is 5.69 Å². The van der Waals surface area contributed by atoms with Crippen molar-refractivity contribution in [2.75, 3.05) is 11.9 Å². The van der Waals surface area contributed by atoms with Crippen LogP contribution in [-0.2, 0) is 14.6 Å². The molecular weight excluding hydrogens is 370 g/mol. The summed E-state index contributed by atoms with van der Waals surface area (Å²) in [5.74, 6) is -3.63. The molecular formula is C16H20F2N2O5S. The fourth-order valence-corrected chi connectivity index (χ4v) is 4.54. The minimum absolute atomic E-state index is 0.0573. The van der Waals surface area contributed by atoms with Gasteiger partial charge in [-0.15, -0.1) is 0 Å². The molecule has 26 heavy (non-hydrogen) atoms. The summed E-state index contributed by atoms with van der Waals surface area (Å²) in [4.78, 5) is 9.79. The lowest BCUT2D eigenvalue weighted by atomic mass is 9.89. The summed E-state index contributed by atoms with van der Waals surface area (Å²) in [6.07, 6.45) is 5.47. The molecule has 10 heteroatoms. The molecule has 2 fully saturated rings. The maximum absolute atomic E-state index is 12.7. The molecule has 0 amide bonds. The third kappa shape index (κ3) is 3.66. The molecule has 1 aliphatic carbocycles. The maximum atomic E-state index is 12.7. The molecule has 0 bridgehead atoms. The van der Waals surface area contributed by atoms with Crippen molar-refractivity contribution in [1.29, 1.82) is 0 Å². The van der Waals surface area contributed by atoms with Crippen molar-refractivity contribution in [3.05, 3.63) is 28.3 Å². The molecule has 144 valence electrons. The molecule has 3 rings (SSSR count). The van der Waals surface area contributed by atoms with Crippen molar-refractivity contribution < 1.29 is 26.9 Å². The van der Waals surface area contributed by atoms with Crippen molar-refractivity contribution in [3.8, 4) is 0 Å². The lowest BCUT2D eigenvalue weighted by Gasteiger charge is -2.38. The van der Waals surface area contributed by atoms with Gasteiger partial charge < -0.3 is 10.1 Å². The number of nitrogens with zero attached hydrogens (tertiary/aromatic N) is 1. The van der Waals surface area contributed by atoms with Crippen LogP contribution in [0.5, 0.6) is 0 Å². The summed E-state index contributed by atoms with van der Waals surface area (Å²) in [7, 11) is -4.89. The first kappa shape index (κ1) is 19.0. The molecule has 1 atom stereocenters. The highest BCUT2D eigenvalue weighted by Crippen LogP contribution is 2.41. The zero-order valence-electron chi connectivity index (χ0n) is 14.0. The molecule has 1 heterocycles. The van der Waals surface area contributed by atoms with E-state index < -0.39 is 31.1 Å². The van der Waals surface area contributed by atoms with Crippen LogP contribution in [0.3, 0.4) is 0 Å². The summed E-state index contributed by atoms with van der Waals surface area (Å²) >= 11 is 0. The second-order valence-corrected chi connectivity index (χ2v) is 8.73. The van der Waals surface area contributed by atoms with Crippen LogP contribution in [0.15, 0.2) is 23.1 Å². The average Bonchev–Trinajstić information content (AvgIpc) is 3.02. The molecule has 1 aromatic rings. The molecule has 2 aliphatic rings. The first-order valence-electron chi connectivity index (χ1n) is 8.45. The van der Waals surface area contributed by atoms with Gasteiger partial charge in [-0.1, -0.05) is 12.8 Å². The summed E-state index contributed by atoms with van der Waals surface area (Å²) in [6.45, 7) is 0.545. The number of hydrogen-bond donors (Lipinski definition) is 1. The van der Waals surface area contributed by atoms with Crippen LogP contribution in [0, 0.1) is 10.1 Å². The van der Waals surface area contributed by atoms with Gasteiger partial charge in [0.15, 0.2) is 0 Å². The van der Waals surface area contributed by atoms with E-state index in [1.165, 1.54) is 6.07 Å². The van der Waals surface area contributed by atoms with Crippen LogP contribution in [0.2, 0.25) is 0 Å². The number of rotatable bonds is 5. The van der Waals surface area contributed by atoms with Crippen molar-refractivity contribution in [2.45, 2.75) is 60.8 Å². The third-order valence-corrected chi connectivity index (χ3v) is 6.48. The van der Waals surface area contributed by atoms with Gasteiger partial charge in [0.25, 0.3) is 5.69 Å². The standard InChI is InChI=1S/C16H20F2N2O5S/c17-15(18)26(23,24)12-3-4-13(14(9-12)20(21)22)19-11-5-8-25-16(10-11)6-1-2-7-16/h3-4,9,11,15,19H,1-2,5-8,10H2. The third-order valence-electron chi connectivity index (χ3n) is 5.10. The van der Waals surface area contributed by atoms with E-state index in [9.17, 15) is 27.3 Å². The fourth-order valence-electron chi connectivity index (χ4n) is 3.80. The van der Waals surface area contributed by atoms with Crippen LogP contribution < -0.4 is 5.32 Å². The van der Waals surface area contributed by atoms with E-state index in [2.05, 4.69) is 5.32 Å². The molecule has 0 aromatic heterocycles. The highest BCUT2D eigenvalue weighted by molar-refractivity contribution is 7.91. The first-order valence-corrected chi connectivity index (χ1v) is 9.99. The zero-order chi connectivity index (χ0) is 18.9. The predicted molar refractivity (Wildman–Crippen MR) is 90.1 cm³/mol. The smallest absolute Gasteiger partial charge is 0.341 e. The topological polar surface area (TPSA) is 98.5 Å². The Morgan fingerprint density at radius 3 is 2.62 bits per heavy atom. The van der Waals surface area contributed by atoms with E-state index in [1.54, 1.807) is 0 Å². The Labute approximate surface area is 149 Å². The van der Waals surface area contributed by atoms with E-state index in [1.807, 2.05) is 0 Å². The largest absolute Gasteiger partial charge is 0.377 e. The number of nitro groups is 1. The molecule has 7 nitrogen and oxygen atoms in total. The lowest BCUT2D eigenvalue weighted by molar-refractivity contribution is -0.384. The van der Waals surface area contributed by atoms with Crippen molar-refractivity contribution in [2.24, 2.45) is 0 Å². The molecule has 0 radical (unpaired) electrons. The molecule has 1 unspecified atom stereocenters. The number of benzene rings is 1. The number of sulfone groups is 1. The Balaban J connectivity index is 1.84. The van der Waals surface area contributed by atoms with Crippen LogP contribution in [0.25, 0.3) is 0 Å². The van der Waals surface area contributed by atoms with Gasteiger partial charge in [-0.3, -0.25) is 10.1 Å². The van der Waals surface area contributed by atoms with Crippen molar-refractivity contribution >= 4 is 21.2 Å². The van der Waals surface area contributed by atoms with Crippen LogP contribution in [0.4, 0.5) is 20.2 Å². The quantitative estimate of drug-likeness (QED) is 0.610. The van der Waals surface area contributed by atoms with Crippen LogP contribution >= 0.6 is 0 Å². The Bertz CT molecular complexity index is 794. The number of hydrogen-bond acceptors (Lipinski definition) is 6. The molecule has 1 N–H and O–H groups in total. The van der Waals surface area contributed by atoms with Crippen molar-refractivity contribution in [1.82, 2.24) is 0 Å². The van der Waals surface area contributed by atoms with E-state index in [0.717, 1.165) is 31.7 Å². The molecule has 1 spiro atoms. The highest BCUT2D eigenvalue weighted by Gasteiger charge is 2.40. The van der Waals surface area contributed by atoms with Gasteiger partial charge in [0.2, 0.25) is 9.84 Å². The molecule has 1 saturated heterocycles. The van der Waals surface area contributed by atoms with Gasteiger partial charge in [0, 0.05) is 18.7 Å². The van der Waals surface area contributed by atoms with Gasteiger partial charge in [-0.25, -0.2) is 8.42 Å². The summed E-state index contributed by atoms with van der Waals surface area (Å²) in [5.41, 5.74) is -0.592. The van der Waals surface area contributed by atoms with Gasteiger partial charge >= 0.3 is 5.76 Å². The highest BCUT2D eigenvalue weighted by atomic mass is 32.2. The van der Waals surface area contributed by atoms with Gasteiger partial charge in [-0.05, 0) is 37.8 Å². The monoisotopic (exact) mass is 390 g/mol. The maximum Gasteiger partial charge on any atom is 0.341 e. The number of ether oxygens (including phenoxy) is 1. The Hall–Kier alpha value is -1.81. The second-order valence-electron chi connectivity index (χ2n) is 6.81. The second kappa shape index (κ2) is 7.07. The Morgan fingerprint density at radius 1 is 1.31 bits per heavy atom. The van der Waals surface area contributed by atoms with Crippen LogP contribution in [-0.4, -0.2) is 37.3 Å². The summed E-state index contributed by atoms with van der Waals surface area (Å²) in [5, 5.41) is 14.4.